The van der Waals surface area contributed by atoms with Gasteiger partial charge in [-0.05, 0) is 11.0 Å². The Morgan fingerprint density at radius 2 is 2.00 bits per heavy atom. The zero-order valence-corrected chi connectivity index (χ0v) is 10.4. The first-order valence-electron chi connectivity index (χ1n) is 5.06. The summed E-state index contributed by atoms with van der Waals surface area (Å²) >= 11 is 4.10. The number of hydrogen-bond acceptors (Lipinski definition) is 2. The monoisotopic (exact) mass is 222 g/mol. The Hall–Kier alpha value is -0.890. The van der Waals surface area contributed by atoms with Crippen molar-refractivity contribution in [1.82, 2.24) is 0 Å². The molecule has 15 heavy (non-hydrogen) atoms. The SMILES string of the molecule is CC(C)(C)c1cccc(C=CCS)c1O. The van der Waals surface area contributed by atoms with Crippen LogP contribution in [0, 0.1) is 0 Å². The van der Waals surface area contributed by atoms with Gasteiger partial charge in [0.25, 0.3) is 0 Å². The number of phenolic OH excluding ortho intramolecular Hbond substituents is 1. The summed E-state index contributed by atoms with van der Waals surface area (Å²) in [5.74, 6) is 1.06. The zero-order valence-electron chi connectivity index (χ0n) is 9.49. The maximum atomic E-state index is 10.1. The fourth-order valence-electron chi connectivity index (χ4n) is 1.48. The number of hydrogen-bond donors (Lipinski definition) is 2. The van der Waals surface area contributed by atoms with Gasteiger partial charge in [-0.25, -0.2) is 0 Å². The fourth-order valence-corrected chi connectivity index (χ4v) is 1.59. The molecule has 0 aromatic heterocycles. The molecule has 0 amide bonds. The lowest BCUT2D eigenvalue weighted by Gasteiger charge is -2.21. The third kappa shape index (κ3) is 3.03. The first-order valence-corrected chi connectivity index (χ1v) is 5.70. The third-order valence-electron chi connectivity index (χ3n) is 2.28. The van der Waals surface area contributed by atoms with E-state index >= 15 is 0 Å². The Balaban J connectivity index is 3.17. The van der Waals surface area contributed by atoms with Gasteiger partial charge in [0, 0.05) is 11.3 Å². The fraction of sp³-hybridized carbons (Fsp3) is 0.385. The Morgan fingerprint density at radius 1 is 1.33 bits per heavy atom. The van der Waals surface area contributed by atoms with E-state index in [1.165, 1.54) is 0 Å². The summed E-state index contributed by atoms with van der Waals surface area (Å²) in [6, 6.07) is 5.84. The van der Waals surface area contributed by atoms with E-state index in [2.05, 4.69) is 33.4 Å². The maximum absolute atomic E-state index is 10.1. The van der Waals surface area contributed by atoms with Gasteiger partial charge in [0.1, 0.15) is 5.75 Å². The Morgan fingerprint density at radius 3 is 2.53 bits per heavy atom. The number of benzene rings is 1. The van der Waals surface area contributed by atoms with Crippen molar-refractivity contribution >= 4 is 18.7 Å². The number of phenols is 1. The van der Waals surface area contributed by atoms with E-state index in [-0.39, 0.29) is 5.41 Å². The lowest BCUT2D eigenvalue weighted by atomic mass is 9.85. The molecule has 82 valence electrons. The van der Waals surface area contributed by atoms with Gasteiger partial charge in [-0.2, -0.15) is 12.6 Å². The molecule has 0 aliphatic carbocycles. The summed E-state index contributed by atoms with van der Waals surface area (Å²) in [4.78, 5) is 0. The first kappa shape index (κ1) is 12.2. The first-order chi connectivity index (χ1) is 6.96. The van der Waals surface area contributed by atoms with Gasteiger partial charge in [-0.15, -0.1) is 0 Å². The molecule has 0 radical (unpaired) electrons. The average Bonchev–Trinajstić information content (AvgIpc) is 2.14. The standard InChI is InChI=1S/C13H18OS/c1-13(2,3)11-8-4-6-10(12(11)14)7-5-9-15/h4-8,14-15H,9H2,1-3H3. The van der Waals surface area contributed by atoms with Crippen LogP contribution in [0.1, 0.15) is 31.9 Å². The molecule has 0 bridgehead atoms. The van der Waals surface area contributed by atoms with Gasteiger partial charge in [0.05, 0.1) is 0 Å². The highest BCUT2D eigenvalue weighted by Gasteiger charge is 2.18. The second kappa shape index (κ2) is 4.75. The summed E-state index contributed by atoms with van der Waals surface area (Å²) in [6.07, 6.45) is 3.82. The van der Waals surface area contributed by atoms with Crippen molar-refractivity contribution in [2.45, 2.75) is 26.2 Å². The van der Waals surface area contributed by atoms with Gasteiger partial charge < -0.3 is 5.11 Å². The van der Waals surface area contributed by atoms with E-state index in [1.54, 1.807) is 0 Å². The number of rotatable bonds is 2. The lowest BCUT2D eigenvalue weighted by Crippen LogP contribution is -2.11. The molecular formula is C13H18OS. The highest BCUT2D eigenvalue weighted by Crippen LogP contribution is 2.33. The highest BCUT2D eigenvalue weighted by molar-refractivity contribution is 7.80. The van der Waals surface area contributed by atoms with Crippen molar-refractivity contribution in [1.29, 1.82) is 0 Å². The van der Waals surface area contributed by atoms with Crippen molar-refractivity contribution in [2.75, 3.05) is 5.75 Å². The summed E-state index contributed by atoms with van der Waals surface area (Å²) in [7, 11) is 0. The van der Waals surface area contributed by atoms with Crippen molar-refractivity contribution in [3.8, 4) is 5.75 Å². The van der Waals surface area contributed by atoms with Crippen LogP contribution in [0.15, 0.2) is 24.3 Å². The maximum Gasteiger partial charge on any atom is 0.126 e. The second-order valence-electron chi connectivity index (χ2n) is 4.58. The van der Waals surface area contributed by atoms with Crippen molar-refractivity contribution < 1.29 is 5.11 Å². The van der Waals surface area contributed by atoms with Crippen LogP contribution in [0.4, 0.5) is 0 Å². The minimum atomic E-state index is -0.0328. The number of thiol groups is 1. The third-order valence-corrected chi connectivity index (χ3v) is 2.49. The minimum Gasteiger partial charge on any atom is -0.507 e. The molecule has 1 rings (SSSR count). The molecule has 0 saturated carbocycles. The van der Waals surface area contributed by atoms with E-state index in [0.29, 0.717) is 11.5 Å². The molecule has 1 aromatic carbocycles. The zero-order chi connectivity index (χ0) is 11.5. The van der Waals surface area contributed by atoms with E-state index in [1.807, 2.05) is 30.4 Å². The summed E-state index contributed by atoms with van der Waals surface area (Å²) in [5.41, 5.74) is 1.80. The Bertz CT molecular complexity index is 361. The van der Waals surface area contributed by atoms with Gasteiger partial charge in [0.15, 0.2) is 0 Å². The van der Waals surface area contributed by atoms with E-state index in [4.69, 9.17) is 0 Å². The molecule has 0 fully saturated rings. The normalized spacial score (nSPS) is 12.3. The molecule has 0 unspecified atom stereocenters. The van der Waals surface area contributed by atoms with Crippen LogP contribution in [0.5, 0.6) is 5.75 Å². The molecule has 1 nitrogen and oxygen atoms in total. The molecule has 1 aromatic rings. The number of para-hydroxylation sites is 1. The van der Waals surface area contributed by atoms with Crippen LogP contribution in [-0.2, 0) is 5.41 Å². The van der Waals surface area contributed by atoms with Crippen LogP contribution in [0.2, 0.25) is 0 Å². The summed E-state index contributed by atoms with van der Waals surface area (Å²) in [6.45, 7) is 6.27. The van der Waals surface area contributed by atoms with E-state index in [9.17, 15) is 5.11 Å². The molecule has 0 spiro atoms. The predicted molar refractivity (Wildman–Crippen MR) is 69.7 cm³/mol. The summed E-state index contributed by atoms with van der Waals surface area (Å²) < 4.78 is 0. The topological polar surface area (TPSA) is 20.2 Å². The van der Waals surface area contributed by atoms with Crippen LogP contribution in [-0.4, -0.2) is 10.9 Å². The van der Waals surface area contributed by atoms with Gasteiger partial charge in [-0.1, -0.05) is 51.1 Å². The predicted octanol–water partition coefficient (Wildman–Crippen LogP) is 3.63. The molecule has 0 heterocycles. The smallest absolute Gasteiger partial charge is 0.126 e. The Labute approximate surface area is 97.2 Å². The minimum absolute atomic E-state index is 0.0328. The molecule has 0 aliphatic rings. The van der Waals surface area contributed by atoms with Crippen LogP contribution in [0.25, 0.3) is 6.08 Å². The van der Waals surface area contributed by atoms with E-state index in [0.717, 1.165) is 11.1 Å². The van der Waals surface area contributed by atoms with Crippen molar-refractivity contribution in [2.24, 2.45) is 0 Å². The van der Waals surface area contributed by atoms with E-state index < -0.39 is 0 Å². The summed E-state index contributed by atoms with van der Waals surface area (Å²) in [5, 5.41) is 10.1. The molecular weight excluding hydrogens is 204 g/mol. The molecule has 0 aliphatic heterocycles. The van der Waals surface area contributed by atoms with Crippen LogP contribution in [0.3, 0.4) is 0 Å². The Kier molecular flexibility index (Phi) is 3.86. The van der Waals surface area contributed by atoms with Crippen molar-refractivity contribution in [3.63, 3.8) is 0 Å². The highest BCUT2D eigenvalue weighted by atomic mass is 32.1. The molecule has 0 saturated heterocycles. The quantitative estimate of drug-likeness (QED) is 0.732. The molecule has 0 atom stereocenters. The lowest BCUT2D eigenvalue weighted by molar-refractivity contribution is 0.445. The van der Waals surface area contributed by atoms with Gasteiger partial charge >= 0.3 is 0 Å². The van der Waals surface area contributed by atoms with Gasteiger partial charge in [0.2, 0.25) is 0 Å². The second-order valence-corrected chi connectivity index (χ2v) is 4.94. The van der Waals surface area contributed by atoms with Gasteiger partial charge in [-0.3, -0.25) is 0 Å². The number of aromatic hydroxyl groups is 1. The van der Waals surface area contributed by atoms with Crippen LogP contribution >= 0.6 is 12.6 Å². The largest absolute Gasteiger partial charge is 0.507 e. The average molecular weight is 222 g/mol. The molecule has 2 heteroatoms. The molecule has 1 N–H and O–H groups in total. The van der Waals surface area contributed by atoms with Crippen LogP contribution < -0.4 is 0 Å². The van der Waals surface area contributed by atoms with Crippen molar-refractivity contribution in [3.05, 3.63) is 35.4 Å².